The van der Waals surface area contributed by atoms with E-state index < -0.39 is 39.8 Å². The summed E-state index contributed by atoms with van der Waals surface area (Å²) in [6.07, 6.45) is 6.71. The fourth-order valence-corrected chi connectivity index (χ4v) is 3.77. The topological polar surface area (TPSA) is 66.5 Å². The van der Waals surface area contributed by atoms with Gasteiger partial charge in [-0.05, 0) is 25.0 Å². The van der Waals surface area contributed by atoms with E-state index in [2.05, 4.69) is 5.32 Å². The van der Waals surface area contributed by atoms with E-state index in [1.807, 2.05) is 0 Å². The van der Waals surface area contributed by atoms with Crippen molar-refractivity contribution in [3.8, 4) is 0 Å². The summed E-state index contributed by atoms with van der Waals surface area (Å²) in [5.41, 5.74) is -0.726. The summed E-state index contributed by atoms with van der Waals surface area (Å²) >= 11 is 0. The summed E-state index contributed by atoms with van der Waals surface area (Å²) in [5, 5.41) is 2.78. The number of hydrogen-bond donors (Lipinski definition) is 1. The second-order valence-corrected chi connectivity index (χ2v) is 8.00. The lowest BCUT2D eigenvalue weighted by Crippen LogP contribution is -2.44. The van der Waals surface area contributed by atoms with E-state index in [0.29, 0.717) is 4.31 Å². The first kappa shape index (κ1) is 18.6. The van der Waals surface area contributed by atoms with Crippen molar-refractivity contribution in [2.24, 2.45) is 0 Å². The van der Waals surface area contributed by atoms with Crippen molar-refractivity contribution in [2.45, 2.75) is 44.6 Å². The van der Waals surface area contributed by atoms with Gasteiger partial charge in [0, 0.05) is 6.04 Å². The summed E-state index contributed by atoms with van der Waals surface area (Å²) in [7, 11) is -4.01. The van der Waals surface area contributed by atoms with Crippen LogP contribution in [-0.4, -0.2) is 33.2 Å². The third-order valence-electron chi connectivity index (χ3n) is 4.09. The van der Waals surface area contributed by atoms with E-state index in [1.165, 1.54) is 0 Å². The molecule has 0 spiro atoms. The van der Waals surface area contributed by atoms with Gasteiger partial charge in [-0.3, -0.25) is 9.10 Å². The van der Waals surface area contributed by atoms with Gasteiger partial charge in [0.1, 0.15) is 12.2 Å². The number of nitrogens with one attached hydrogen (secondary N) is 1. The van der Waals surface area contributed by atoms with Gasteiger partial charge in [-0.1, -0.05) is 31.7 Å². The molecule has 134 valence electrons. The van der Waals surface area contributed by atoms with Crippen LogP contribution < -0.4 is 9.62 Å². The van der Waals surface area contributed by atoms with E-state index in [9.17, 15) is 22.0 Å². The second kappa shape index (κ2) is 7.92. The lowest BCUT2D eigenvalue weighted by Gasteiger charge is -2.24. The lowest BCUT2D eigenvalue weighted by atomic mass is 10.1. The van der Waals surface area contributed by atoms with Crippen LogP contribution in [-0.2, 0) is 14.8 Å². The molecule has 0 aliphatic heterocycles. The number of rotatable bonds is 5. The van der Waals surface area contributed by atoms with E-state index in [1.54, 1.807) is 0 Å². The molecule has 1 aliphatic rings. The smallest absolute Gasteiger partial charge is 0.241 e. The highest BCUT2D eigenvalue weighted by Gasteiger charge is 2.27. The molecule has 2 rings (SSSR count). The van der Waals surface area contributed by atoms with Crippen molar-refractivity contribution in [3.05, 3.63) is 29.8 Å². The van der Waals surface area contributed by atoms with Gasteiger partial charge in [0.25, 0.3) is 0 Å². The number of anilines is 1. The molecule has 1 N–H and O–H groups in total. The normalized spacial score (nSPS) is 16.5. The van der Waals surface area contributed by atoms with Crippen LogP contribution in [0.1, 0.15) is 38.5 Å². The number of nitrogens with zero attached hydrogens (tertiary/aromatic N) is 1. The average Bonchev–Trinajstić information content (AvgIpc) is 2.73. The van der Waals surface area contributed by atoms with Crippen molar-refractivity contribution in [1.29, 1.82) is 0 Å². The molecule has 0 heterocycles. The van der Waals surface area contributed by atoms with Crippen LogP contribution >= 0.6 is 0 Å². The maximum Gasteiger partial charge on any atom is 0.241 e. The fourth-order valence-electron chi connectivity index (χ4n) is 2.92. The Morgan fingerprint density at radius 3 is 2.21 bits per heavy atom. The number of carbonyl (C=O) groups is 1. The minimum Gasteiger partial charge on any atom is -0.352 e. The van der Waals surface area contributed by atoms with Crippen molar-refractivity contribution in [1.82, 2.24) is 5.32 Å². The van der Waals surface area contributed by atoms with E-state index in [4.69, 9.17) is 0 Å². The molecule has 1 fully saturated rings. The monoisotopic (exact) mass is 360 g/mol. The molecule has 1 aromatic carbocycles. The maximum absolute atomic E-state index is 13.9. The molecule has 1 aromatic rings. The standard InChI is InChI=1S/C16H22F2N2O3S/c1-24(22,23)20(16-13(17)9-6-10-14(16)18)11-15(21)19-12-7-4-2-3-5-8-12/h6,9-10,12H,2-5,7-8,11H2,1H3,(H,19,21). The number of hydrogen-bond acceptors (Lipinski definition) is 3. The van der Waals surface area contributed by atoms with E-state index >= 15 is 0 Å². The molecule has 5 nitrogen and oxygen atoms in total. The molecule has 0 bridgehead atoms. The van der Waals surface area contributed by atoms with Crippen LogP contribution in [0.5, 0.6) is 0 Å². The SMILES string of the molecule is CS(=O)(=O)N(CC(=O)NC1CCCCCC1)c1c(F)cccc1F. The first-order valence-electron chi connectivity index (χ1n) is 8.00. The molecular formula is C16H22F2N2O3S. The largest absolute Gasteiger partial charge is 0.352 e. The summed E-state index contributed by atoms with van der Waals surface area (Å²) < 4.78 is 52.2. The Morgan fingerprint density at radius 2 is 1.71 bits per heavy atom. The Hall–Kier alpha value is -1.70. The molecule has 0 unspecified atom stereocenters. The summed E-state index contributed by atoms with van der Waals surface area (Å²) in [6.45, 7) is -0.646. The third-order valence-corrected chi connectivity index (χ3v) is 5.21. The maximum atomic E-state index is 13.9. The van der Waals surface area contributed by atoms with Gasteiger partial charge in [0.05, 0.1) is 6.26 Å². The van der Waals surface area contributed by atoms with Crippen LogP contribution in [0.2, 0.25) is 0 Å². The van der Waals surface area contributed by atoms with Crippen molar-refractivity contribution in [3.63, 3.8) is 0 Å². The molecule has 1 aliphatic carbocycles. The van der Waals surface area contributed by atoms with Crippen LogP contribution in [0, 0.1) is 11.6 Å². The Morgan fingerprint density at radius 1 is 1.17 bits per heavy atom. The van der Waals surface area contributed by atoms with Gasteiger partial charge in [0.2, 0.25) is 15.9 Å². The van der Waals surface area contributed by atoms with Crippen molar-refractivity contribution in [2.75, 3.05) is 17.1 Å². The molecule has 1 saturated carbocycles. The Balaban J connectivity index is 2.16. The van der Waals surface area contributed by atoms with Crippen LogP contribution in [0.25, 0.3) is 0 Å². The van der Waals surface area contributed by atoms with Gasteiger partial charge >= 0.3 is 0 Å². The highest BCUT2D eigenvalue weighted by atomic mass is 32.2. The number of carbonyl (C=O) groups excluding carboxylic acids is 1. The van der Waals surface area contributed by atoms with Crippen molar-refractivity contribution < 1.29 is 22.0 Å². The van der Waals surface area contributed by atoms with Gasteiger partial charge in [-0.15, -0.1) is 0 Å². The lowest BCUT2D eigenvalue weighted by molar-refractivity contribution is -0.120. The highest BCUT2D eigenvalue weighted by molar-refractivity contribution is 7.92. The molecule has 0 aromatic heterocycles. The number of sulfonamides is 1. The van der Waals surface area contributed by atoms with Crippen LogP contribution in [0.3, 0.4) is 0 Å². The molecule has 0 radical (unpaired) electrons. The summed E-state index contributed by atoms with van der Waals surface area (Å²) in [4.78, 5) is 12.2. The number of halogens is 2. The summed E-state index contributed by atoms with van der Waals surface area (Å²) in [6, 6.07) is 3.03. The van der Waals surface area contributed by atoms with Gasteiger partial charge in [-0.2, -0.15) is 0 Å². The van der Waals surface area contributed by atoms with Gasteiger partial charge in [-0.25, -0.2) is 17.2 Å². The van der Waals surface area contributed by atoms with Crippen LogP contribution in [0.15, 0.2) is 18.2 Å². The predicted molar refractivity (Wildman–Crippen MR) is 88.2 cm³/mol. The highest BCUT2D eigenvalue weighted by Crippen LogP contribution is 2.25. The Kier molecular flexibility index (Phi) is 6.15. The molecule has 0 saturated heterocycles. The predicted octanol–water partition coefficient (Wildman–Crippen LogP) is 2.57. The number of amides is 1. The molecular weight excluding hydrogens is 338 g/mol. The van der Waals surface area contributed by atoms with Crippen molar-refractivity contribution >= 4 is 21.6 Å². The Bertz CT molecular complexity index is 666. The third kappa shape index (κ3) is 4.90. The first-order chi connectivity index (χ1) is 11.3. The average molecular weight is 360 g/mol. The molecule has 8 heteroatoms. The molecule has 1 amide bonds. The second-order valence-electron chi connectivity index (χ2n) is 6.10. The minimum absolute atomic E-state index is 0.0214. The zero-order valence-electron chi connectivity index (χ0n) is 13.6. The number of para-hydroxylation sites is 1. The fraction of sp³-hybridized carbons (Fsp3) is 0.562. The van der Waals surface area contributed by atoms with Gasteiger partial charge < -0.3 is 5.32 Å². The zero-order chi connectivity index (χ0) is 17.7. The Labute approximate surface area is 141 Å². The van der Waals surface area contributed by atoms with E-state index in [0.717, 1.165) is 63.0 Å². The first-order valence-corrected chi connectivity index (χ1v) is 9.85. The minimum atomic E-state index is -4.01. The van der Waals surface area contributed by atoms with Crippen LogP contribution in [0.4, 0.5) is 14.5 Å². The molecule has 0 atom stereocenters. The summed E-state index contributed by atoms with van der Waals surface area (Å²) in [5.74, 6) is -2.61. The molecule has 24 heavy (non-hydrogen) atoms. The quantitative estimate of drug-likeness (QED) is 0.821. The van der Waals surface area contributed by atoms with Gasteiger partial charge in [0.15, 0.2) is 11.6 Å². The van der Waals surface area contributed by atoms with E-state index in [-0.39, 0.29) is 6.04 Å². The zero-order valence-corrected chi connectivity index (χ0v) is 14.4. The number of benzene rings is 1.